The molecule has 1 unspecified atom stereocenters. The zero-order valence-corrected chi connectivity index (χ0v) is 13.1. The van der Waals surface area contributed by atoms with Crippen molar-refractivity contribution < 1.29 is 4.74 Å². The SMILES string of the molecule is CNC(CSc1cccc(Br)c1)C1CCOCC1. The fourth-order valence-corrected chi connectivity index (χ4v) is 4.06. The van der Waals surface area contributed by atoms with Crippen LogP contribution in [0, 0.1) is 5.92 Å². The first kappa shape index (κ1) is 14.4. The van der Waals surface area contributed by atoms with Crippen LogP contribution in [0.3, 0.4) is 0 Å². The highest BCUT2D eigenvalue weighted by Crippen LogP contribution is 2.26. The molecule has 1 heterocycles. The highest BCUT2D eigenvalue weighted by Gasteiger charge is 2.22. The zero-order valence-electron chi connectivity index (χ0n) is 10.7. The van der Waals surface area contributed by atoms with E-state index < -0.39 is 0 Å². The number of hydrogen-bond acceptors (Lipinski definition) is 3. The number of ether oxygens (including phenoxy) is 1. The summed E-state index contributed by atoms with van der Waals surface area (Å²) in [4.78, 5) is 1.33. The Bertz CT molecular complexity index is 369. The van der Waals surface area contributed by atoms with Crippen LogP contribution in [0.2, 0.25) is 0 Å². The molecule has 1 fully saturated rings. The van der Waals surface area contributed by atoms with E-state index in [4.69, 9.17) is 4.74 Å². The normalized spacial score (nSPS) is 18.8. The number of hydrogen-bond donors (Lipinski definition) is 1. The Morgan fingerprint density at radius 3 is 2.89 bits per heavy atom. The second-order valence-electron chi connectivity index (χ2n) is 4.61. The van der Waals surface area contributed by atoms with Crippen molar-refractivity contribution in [3.8, 4) is 0 Å². The van der Waals surface area contributed by atoms with Gasteiger partial charge in [0.05, 0.1) is 0 Å². The van der Waals surface area contributed by atoms with Gasteiger partial charge in [0, 0.05) is 34.4 Å². The minimum absolute atomic E-state index is 0.581. The number of halogens is 1. The molecule has 1 aliphatic rings. The van der Waals surface area contributed by atoms with Gasteiger partial charge in [-0.05, 0) is 44.0 Å². The molecular formula is C14H20BrNOS. The van der Waals surface area contributed by atoms with E-state index >= 15 is 0 Å². The van der Waals surface area contributed by atoms with Crippen LogP contribution < -0.4 is 5.32 Å². The van der Waals surface area contributed by atoms with Crippen molar-refractivity contribution in [2.75, 3.05) is 26.0 Å². The molecule has 0 bridgehead atoms. The Morgan fingerprint density at radius 2 is 2.22 bits per heavy atom. The highest BCUT2D eigenvalue weighted by molar-refractivity contribution is 9.10. The minimum Gasteiger partial charge on any atom is -0.381 e. The molecular weight excluding hydrogens is 310 g/mol. The molecule has 1 atom stereocenters. The van der Waals surface area contributed by atoms with Gasteiger partial charge in [-0.1, -0.05) is 22.0 Å². The maximum atomic E-state index is 5.43. The Balaban J connectivity index is 1.86. The van der Waals surface area contributed by atoms with E-state index in [2.05, 4.69) is 52.6 Å². The van der Waals surface area contributed by atoms with Gasteiger partial charge in [-0.2, -0.15) is 0 Å². The van der Waals surface area contributed by atoms with Gasteiger partial charge in [-0.3, -0.25) is 0 Å². The summed E-state index contributed by atoms with van der Waals surface area (Å²) in [6, 6.07) is 9.10. The fourth-order valence-electron chi connectivity index (χ4n) is 2.32. The summed E-state index contributed by atoms with van der Waals surface area (Å²) < 4.78 is 6.58. The van der Waals surface area contributed by atoms with Crippen molar-refractivity contribution in [1.29, 1.82) is 0 Å². The van der Waals surface area contributed by atoms with Gasteiger partial charge in [-0.25, -0.2) is 0 Å². The topological polar surface area (TPSA) is 21.3 Å². The van der Waals surface area contributed by atoms with Crippen LogP contribution in [0.1, 0.15) is 12.8 Å². The lowest BCUT2D eigenvalue weighted by atomic mass is 9.93. The Morgan fingerprint density at radius 1 is 1.44 bits per heavy atom. The summed E-state index contributed by atoms with van der Waals surface area (Å²) in [6.07, 6.45) is 2.37. The molecule has 1 saturated heterocycles. The third-order valence-electron chi connectivity index (χ3n) is 3.43. The third-order valence-corrected chi connectivity index (χ3v) is 5.04. The number of benzene rings is 1. The summed E-state index contributed by atoms with van der Waals surface area (Å²) in [5, 5.41) is 3.47. The standard InChI is InChI=1S/C14H20BrNOS/c1-16-14(11-5-7-17-8-6-11)10-18-13-4-2-3-12(15)9-13/h2-4,9,11,14,16H,5-8,10H2,1H3. The third kappa shape index (κ3) is 4.26. The Labute approximate surface area is 122 Å². The molecule has 0 amide bonds. The molecule has 1 aromatic rings. The number of rotatable bonds is 5. The summed E-state index contributed by atoms with van der Waals surface area (Å²) in [7, 11) is 2.07. The molecule has 0 saturated carbocycles. The van der Waals surface area contributed by atoms with E-state index in [0.29, 0.717) is 6.04 Å². The van der Waals surface area contributed by atoms with Gasteiger partial charge in [0.25, 0.3) is 0 Å². The summed E-state index contributed by atoms with van der Waals surface area (Å²) in [6.45, 7) is 1.84. The van der Waals surface area contributed by atoms with E-state index in [1.807, 2.05) is 11.8 Å². The van der Waals surface area contributed by atoms with Crippen molar-refractivity contribution in [2.24, 2.45) is 5.92 Å². The predicted octanol–water partition coefficient (Wildman–Crippen LogP) is 3.56. The van der Waals surface area contributed by atoms with Gasteiger partial charge in [0.1, 0.15) is 0 Å². The summed E-state index contributed by atoms with van der Waals surface area (Å²) in [5.74, 6) is 1.88. The van der Waals surface area contributed by atoms with Crippen LogP contribution >= 0.6 is 27.7 Å². The molecule has 100 valence electrons. The van der Waals surface area contributed by atoms with Gasteiger partial charge in [-0.15, -0.1) is 11.8 Å². The molecule has 1 aliphatic heterocycles. The molecule has 1 aromatic carbocycles. The molecule has 18 heavy (non-hydrogen) atoms. The lowest BCUT2D eigenvalue weighted by molar-refractivity contribution is 0.0575. The average molecular weight is 330 g/mol. The van der Waals surface area contributed by atoms with Crippen molar-refractivity contribution in [1.82, 2.24) is 5.32 Å². The molecule has 0 spiro atoms. The van der Waals surface area contributed by atoms with Gasteiger partial charge in [0.15, 0.2) is 0 Å². The molecule has 2 nitrogen and oxygen atoms in total. The van der Waals surface area contributed by atoms with E-state index in [1.165, 1.54) is 17.7 Å². The van der Waals surface area contributed by atoms with Gasteiger partial charge in [0.2, 0.25) is 0 Å². The molecule has 4 heteroatoms. The van der Waals surface area contributed by atoms with E-state index in [0.717, 1.165) is 29.4 Å². The lowest BCUT2D eigenvalue weighted by Gasteiger charge is -2.29. The van der Waals surface area contributed by atoms with Crippen molar-refractivity contribution in [2.45, 2.75) is 23.8 Å². The molecule has 2 rings (SSSR count). The zero-order chi connectivity index (χ0) is 12.8. The Hall–Kier alpha value is -0.0300. The first-order valence-corrected chi connectivity index (χ1v) is 8.21. The second-order valence-corrected chi connectivity index (χ2v) is 6.62. The molecule has 0 radical (unpaired) electrons. The maximum Gasteiger partial charge on any atom is 0.0469 e. The minimum atomic E-state index is 0.581. The number of thioether (sulfide) groups is 1. The number of nitrogens with one attached hydrogen (secondary N) is 1. The quantitative estimate of drug-likeness (QED) is 0.834. The first-order valence-electron chi connectivity index (χ1n) is 6.43. The Kier molecular flexibility index (Phi) is 6.02. The summed E-state index contributed by atoms with van der Waals surface area (Å²) in [5.41, 5.74) is 0. The van der Waals surface area contributed by atoms with Crippen molar-refractivity contribution in [3.63, 3.8) is 0 Å². The predicted molar refractivity (Wildman–Crippen MR) is 81.3 cm³/mol. The van der Waals surface area contributed by atoms with Crippen LogP contribution in [-0.2, 0) is 4.74 Å². The second kappa shape index (κ2) is 7.53. The highest BCUT2D eigenvalue weighted by atomic mass is 79.9. The smallest absolute Gasteiger partial charge is 0.0469 e. The monoisotopic (exact) mass is 329 g/mol. The fraction of sp³-hybridized carbons (Fsp3) is 0.571. The largest absolute Gasteiger partial charge is 0.381 e. The average Bonchev–Trinajstić information content (AvgIpc) is 2.41. The van der Waals surface area contributed by atoms with Crippen LogP contribution in [0.25, 0.3) is 0 Å². The van der Waals surface area contributed by atoms with Crippen LogP contribution in [0.4, 0.5) is 0 Å². The lowest BCUT2D eigenvalue weighted by Crippen LogP contribution is -2.38. The van der Waals surface area contributed by atoms with Gasteiger partial charge < -0.3 is 10.1 Å². The summed E-state index contributed by atoms with van der Waals surface area (Å²) >= 11 is 5.44. The van der Waals surface area contributed by atoms with Crippen molar-refractivity contribution >= 4 is 27.7 Å². The van der Waals surface area contributed by atoms with E-state index in [-0.39, 0.29) is 0 Å². The van der Waals surface area contributed by atoms with Gasteiger partial charge >= 0.3 is 0 Å². The molecule has 1 N–H and O–H groups in total. The van der Waals surface area contributed by atoms with Crippen LogP contribution in [0.5, 0.6) is 0 Å². The van der Waals surface area contributed by atoms with E-state index in [1.54, 1.807) is 0 Å². The first-order chi connectivity index (χ1) is 8.79. The van der Waals surface area contributed by atoms with Crippen molar-refractivity contribution in [3.05, 3.63) is 28.7 Å². The van der Waals surface area contributed by atoms with Crippen LogP contribution in [-0.4, -0.2) is 32.1 Å². The molecule has 0 aromatic heterocycles. The maximum absolute atomic E-state index is 5.43. The molecule has 0 aliphatic carbocycles. The van der Waals surface area contributed by atoms with E-state index in [9.17, 15) is 0 Å². The van der Waals surface area contributed by atoms with Crippen LogP contribution in [0.15, 0.2) is 33.6 Å².